The average Bonchev–Trinajstić information content (AvgIpc) is 3.44. The minimum absolute atomic E-state index is 0.235. The van der Waals surface area contributed by atoms with Gasteiger partial charge in [0.15, 0.2) is 0 Å². The van der Waals surface area contributed by atoms with Crippen molar-refractivity contribution in [1.82, 2.24) is 10.3 Å². The lowest BCUT2D eigenvalue weighted by Gasteiger charge is -2.25. The number of phenols is 1. The number of aromatic nitrogens is 1. The number of aromatic hydroxyl groups is 1. The number of para-hydroxylation sites is 2. The number of hydrogen-bond donors (Lipinski definition) is 3. The van der Waals surface area contributed by atoms with E-state index in [0.717, 1.165) is 35.0 Å². The molecule has 47 heavy (non-hydrogen) atoms. The molecule has 0 spiro atoms. The Morgan fingerprint density at radius 1 is 1.04 bits per heavy atom. The van der Waals surface area contributed by atoms with Gasteiger partial charge in [0, 0.05) is 30.0 Å². The van der Waals surface area contributed by atoms with Crippen molar-refractivity contribution in [3.05, 3.63) is 111 Å². The number of benzene rings is 3. The standard InChI is InChI=1S/C36H31F3N4O2S2/c1-19-8-9-20-10-11-21(37)13-15-28(20)46-33(19)42-35(45)41-24-6-4-5-7-26(24)43-18-36(2,3)31-30(23(39)17-27(44)32(31)43)34-40-25-14-12-22(38)16-29(25)47-34/h4-7,10-14,16-17,44H,8-9,15,18H2,1-3H3,(H2,41,42,45). The Hall–Kier alpha value is -4.48. The summed E-state index contributed by atoms with van der Waals surface area (Å²) < 4.78 is 44.2. The Kier molecular flexibility index (Phi) is 7.92. The van der Waals surface area contributed by atoms with Gasteiger partial charge in [-0.3, -0.25) is 0 Å². The summed E-state index contributed by atoms with van der Waals surface area (Å²) in [6.45, 7) is 6.29. The van der Waals surface area contributed by atoms with Crippen LogP contribution >= 0.6 is 23.1 Å². The van der Waals surface area contributed by atoms with Crippen molar-refractivity contribution in [2.45, 2.75) is 45.4 Å². The number of allylic oxidation sites excluding steroid dienone is 7. The molecule has 3 N–H and O–H groups in total. The maximum Gasteiger partial charge on any atom is 0.324 e. The van der Waals surface area contributed by atoms with Gasteiger partial charge in [0.05, 0.1) is 37.9 Å². The summed E-state index contributed by atoms with van der Waals surface area (Å²) in [7, 11) is 0. The monoisotopic (exact) mass is 672 g/mol. The first-order valence-corrected chi connectivity index (χ1v) is 16.8. The first-order chi connectivity index (χ1) is 22.5. The van der Waals surface area contributed by atoms with Gasteiger partial charge in [-0.2, -0.15) is 0 Å². The van der Waals surface area contributed by atoms with Gasteiger partial charge in [0.1, 0.15) is 28.2 Å². The summed E-state index contributed by atoms with van der Waals surface area (Å²) in [6.07, 6.45) is 6.77. The molecule has 0 atom stereocenters. The van der Waals surface area contributed by atoms with Crippen molar-refractivity contribution < 1.29 is 23.1 Å². The molecule has 3 heterocycles. The van der Waals surface area contributed by atoms with Crippen LogP contribution in [0.15, 0.2) is 93.7 Å². The van der Waals surface area contributed by atoms with Crippen LogP contribution in [0.2, 0.25) is 0 Å². The van der Waals surface area contributed by atoms with E-state index < -0.39 is 23.1 Å². The molecule has 1 aromatic heterocycles. The lowest BCUT2D eigenvalue weighted by Crippen LogP contribution is -2.30. The van der Waals surface area contributed by atoms with Crippen LogP contribution in [0.25, 0.3) is 20.8 Å². The van der Waals surface area contributed by atoms with Crippen LogP contribution in [0, 0.1) is 11.6 Å². The zero-order chi connectivity index (χ0) is 33.0. The summed E-state index contributed by atoms with van der Waals surface area (Å²) in [5.41, 5.74) is 4.38. The highest BCUT2D eigenvalue weighted by atomic mass is 32.2. The first kappa shape index (κ1) is 31.1. The van der Waals surface area contributed by atoms with Gasteiger partial charge >= 0.3 is 6.03 Å². The number of urea groups is 1. The van der Waals surface area contributed by atoms with Gasteiger partial charge < -0.3 is 20.6 Å². The van der Waals surface area contributed by atoms with Crippen molar-refractivity contribution in [1.29, 1.82) is 0 Å². The van der Waals surface area contributed by atoms with Gasteiger partial charge in [-0.15, -0.1) is 11.3 Å². The molecule has 6 nitrogen and oxygen atoms in total. The molecule has 11 heteroatoms. The highest BCUT2D eigenvalue weighted by Gasteiger charge is 2.42. The number of halogens is 3. The largest absolute Gasteiger partial charge is 0.506 e. The number of nitrogens with one attached hydrogen (secondary N) is 2. The predicted octanol–water partition coefficient (Wildman–Crippen LogP) is 10.3. The molecule has 3 aromatic carbocycles. The molecule has 4 aromatic rings. The Balaban J connectivity index is 1.21. The zero-order valence-corrected chi connectivity index (χ0v) is 27.5. The topological polar surface area (TPSA) is 77.5 Å². The molecule has 3 aliphatic rings. The Morgan fingerprint density at radius 2 is 1.85 bits per heavy atom. The molecule has 240 valence electrons. The maximum atomic E-state index is 15.8. The summed E-state index contributed by atoms with van der Waals surface area (Å²) in [4.78, 5) is 21.0. The number of rotatable bonds is 4. The van der Waals surface area contributed by atoms with E-state index in [9.17, 15) is 18.7 Å². The molecule has 0 unspecified atom stereocenters. The number of carbonyl (C=O) groups excluding carboxylic acids is 1. The first-order valence-electron chi connectivity index (χ1n) is 15.2. The number of thiazole rings is 1. The summed E-state index contributed by atoms with van der Waals surface area (Å²) in [5.74, 6) is -1.53. The minimum Gasteiger partial charge on any atom is -0.506 e. The van der Waals surface area contributed by atoms with Crippen LogP contribution in [0.5, 0.6) is 5.75 Å². The molecule has 0 radical (unpaired) electrons. The highest BCUT2D eigenvalue weighted by molar-refractivity contribution is 8.06. The van der Waals surface area contributed by atoms with Crippen LogP contribution in [-0.4, -0.2) is 22.7 Å². The van der Waals surface area contributed by atoms with Crippen molar-refractivity contribution >= 4 is 56.4 Å². The fourth-order valence-corrected chi connectivity index (χ4v) is 8.55. The second-order valence-electron chi connectivity index (χ2n) is 12.5. The molecule has 0 saturated heterocycles. The summed E-state index contributed by atoms with van der Waals surface area (Å²) in [6, 6.07) is 12.2. The Labute approximate surface area is 278 Å². The average molecular weight is 673 g/mol. The van der Waals surface area contributed by atoms with Crippen molar-refractivity contribution in [3.8, 4) is 16.3 Å². The molecular weight excluding hydrogens is 642 g/mol. The van der Waals surface area contributed by atoms with E-state index in [0.29, 0.717) is 55.8 Å². The van der Waals surface area contributed by atoms with Crippen LogP contribution < -0.4 is 15.5 Å². The second-order valence-corrected chi connectivity index (χ2v) is 14.6. The third kappa shape index (κ3) is 5.82. The molecule has 2 aliphatic heterocycles. The zero-order valence-electron chi connectivity index (χ0n) is 25.9. The predicted molar refractivity (Wildman–Crippen MR) is 185 cm³/mol. The van der Waals surface area contributed by atoms with Crippen molar-refractivity contribution in [2.75, 3.05) is 16.8 Å². The SMILES string of the molecule is CC1=C(NC(=O)Nc2ccccc2N2CC(C)(C)c3c(-c4nc5ccc(F)cc5s4)c(F)cc(O)c32)SC2=C(C=CC(F)=CC2)CC1. The number of hydrogen-bond acceptors (Lipinski definition) is 6. The van der Waals surface area contributed by atoms with Gasteiger partial charge in [0.2, 0.25) is 0 Å². The quantitative estimate of drug-likeness (QED) is 0.201. The molecule has 0 bridgehead atoms. The van der Waals surface area contributed by atoms with E-state index in [-0.39, 0.29) is 17.1 Å². The van der Waals surface area contributed by atoms with E-state index in [2.05, 4.69) is 15.6 Å². The third-order valence-electron chi connectivity index (χ3n) is 8.63. The highest BCUT2D eigenvalue weighted by Crippen LogP contribution is 2.55. The van der Waals surface area contributed by atoms with Gasteiger partial charge in [-0.25, -0.2) is 22.9 Å². The molecule has 7 rings (SSSR count). The molecule has 1 aliphatic carbocycles. The number of carbonyl (C=O) groups is 1. The van der Waals surface area contributed by atoms with Crippen molar-refractivity contribution in [2.24, 2.45) is 0 Å². The summed E-state index contributed by atoms with van der Waals surface area (Å²) >= 11 is 2.64. The van der Waals surface area contributed by atoms with E-state index in [1.54, 1.807) is 24.3 Å². The number of thioether (sulfide) groups is 1. The van der Waals surface area contributed by atoms with E-state index in [1.807, 2.05) is 43.9 Å². The number of amides is 2. The maximum absolute atomic E-state index is 15.8. The van der Waals surface area contributed by atoms with E-state index in [1.165, 1.54) is 41.3 Å². The number of anilines is 3. The number of nitrogens with zero attached hydrogens (tertiary/aromatic N) is 2. The fraction of sp³-hybridized carbons (Fsp3) is 0.222. The van der Waals surface area contributed by atoms with Crippen molar-refractivity contribution in [3.63, 3.8) is 0 Å². The molecule has 0 saturated carbocycles. The lowest BCUT2D eigenvalue weighted by atomic mass is 9.83. The van der Waals surface area contributed by atoms with Crippen LogP contribution in [-0.2, 0) is 5.41 Å². The smallest absolute Gasteiger partial charge is 0.324 e. The molecular formula is C36H31F3N4O2S2. The van der Waals surface area contributed by atoms with Crippen LogP contribution in [0.1, 0.15) is 45.6 Å². The minimum atomic E-state index is -0.645. The van der Waals surface area contributed by atoms with Gasteiger partial charge in [-0.1, -0.05) is 43.8 Å². The van der Waals surface area contributed by atoms with Gasteiger partial charge in [0.25, 0.3) is 0 Å². The van der Waals surface area contributed by atoms with Crippen LogP contribution in [0.4, 0.5) is 35.0 Å². The fourth-order valence-electron chi connectivity index (χ4n) is 6.37. The molecule has 0 fully saturated rings. The lowest BCUT2D eigenvalue weighted by molar-refractivity contribution is 0.254. The summed E-state index contributed by atoms with van der Waals surface area (Å²) in [5, 5.41) is 18.3. The Morgan fingerprint density at radius 3 is 2.68 bits per heavy atom. The van der Waals surface area contributed by atoms with E-state index >= 15 is 4.39 Å². The number of fused-ring (bicyclic) bond motifs is 2. The van der Waals surface area contributed by atoms with Crippen LogP contribution in [0.3, 0.4) is 0 Å². The molecule has 2 amide bonds. The second kappa shape index (κ2) is 12.0. The Bertz CT molecular complexity index is 2100. The van der Waals surface area contributed by atoms with E-state index in [4.69, 9.17) is 0 Å². The number of phenolic OH excluding ortho intramolecular Hbond substituents is 1. The third-order valence-corrected chi connectivity index (χ3v) is 11.0. The normalized spacial score (nSPS) is 17.3. The van der Waals surface area contributed by atoms with Gasteiger partial charge in [-0.05, 0) is 78.3 Å².